The molecule has 2 aliphatic rings. The van der Waals surface area contributed by atoms with E-state index in [1.54, 1.807) is 6.33 Å². The van der Waals surface area contributed by atoms with Gasteiger partial charge in [0.25, 0.3) is 0 Å². The van der Waals surface area contributed by atoms with Crippen molar-refractivity contribution in [3.8, 4) is 0 Å². The van der Waals surface area contributed by atoms with Gasteiger partial charge in [-0.05, 0) is 43.4 Å². The van der Waals surface area contributed by atoms with Crippen LogP contribution in [0.5, 0.6) is 0 Å². The van der Waals surface area contributed by atoms with Crippen LogP contribution in [0.2, 0.25) is 5.15 Å². The standard InChI is InChI=1S/C15H22ClN3/c1-10(2)13-14(16)17-9-18-15(13)19(7-11-3-4-11)8-12-5-6-12/h9-12H,3-8H2,1-2H3. The summed E-state index contributed by atoms with van der Waals surface area (Å²) in [6.45, 7) is 6.62. The summed E-state index contributed by atoms with van der Waals surface area (Å²) in [6, 6.07) is 0. The van der Waals surface area contributed by atoms with Crippen LogP contribution >= 0.6 is 11.6 Å². The van der Waals surface area contributed by atoms with Crippen molar-refractivity contribution >= 4 is 17.4 Å². The molecule has 3 nitrogen and oxygen atoms in total. The number of hydrogen-bond donors (Lipinski definition) is 0. The molecule has 2 saturated carbocycles. The Morgan fingerprint density at radius 1 is 1.16 bits per heavy atom. The average molecular weight is 280 g/mol. The van der Waals surface area contributed by atoms with Crippen LogP contribution in [-0.4, -0.2) is 23.1 Å². The van der Waals surface area contributed by atoms with Crippen LogP contribution in [0.4, 0.5) is 5.82 Å². The van der Waals surface area contributed by atoms with E-state index in [-0.39, 0.29) is 0 Å². The predicted octanol–water partition coefficient (Wildman–Crippen LogP) is 3.88. The van der Waals surface area contributed by atoms with Crippen LogP contribution in [0.1, 0.15) is 51.0 Å². The number of nitrogens with zero attached hydrogens (tertiary/aromatic N) is 3. The minimum absolute atomic E-state index is 0.365. The molecule has 19 heavy (non-hydrogen) atoms. The summed E-state index contributed by atoms with van der Waals surface area (Å²) < 4.78 is 0. The summed E-state index contributed by atoms with van der Waals surface area (Å²) in [4.78, 5) is 11.2. The molecule has 104 valence electrons. The molecule has 1 heterocycles. The Balaban J connectivity index is 1.88. The third-order valence-electron chi connectivity index (χ3n) is 4.04. The summed E-state index contributed by atoms with van der Waals surface area (Å²) in [5, 5.41) is 0.622. The fraction of sp³-hybridized carbons (Fsp3) is 0.733. The zero-order valence-corrected chi connectivity index (χ0v) is 12.5. The predicted molar refractivity (Wildman–Crippen MR) is 78.8 cm³/mol. The second-order valence-corrected chi connectivity index (χ2v) is 6.71. The van der Waals surface area contributed by atoms with Gasteiger partial charge < -0.3 is 4.90 Å². The molecule has 0 N–H and O–H groups in total. The van der Waals surface area contributed by atoms with Gasteiger partial charge in [-0.15, -0.1) is 0 Å². The summed E-state index contributed by atoms with van der Waals surface area (Å²) in [6.07, 6.45) is 7.10. The Hall–Kier alpha value is -0.830. The van der Waals surface area contributed by atoms with E-state index in [4.69, 9.17) is 11.6 Å². The van der Waals surface area contributed by atoms with Crippen LogP contribution in [0.15, 0.2) is 6.33 Å². The van der Waals surface area contributed by atoms with E-state index in [1.807, 2.05) is 0 Å². The van der Waals surface area contributed by atoms with Gasteiger partial charge in [0.05, 0.1) is 0 Å². The first kappa shape index (κ1) is 13.2. The van der Waals surface area contributed by atoms with E-state index in [9.17, 15) is 0 Å². The quantitative estimate of drug-likeness (QED) is 0.740. The van der Waals surface area contributed by atoms with Crippen molar-refractivity contribution in [2.24, 2.45) is 11.8 Å². The fourth-order valence-electron chi connectivity index (χ4n) is 2.59. The molecular formula is C15H22ClN3. The summed E-state index contributed by atoms with van der Waals surface area (Å²) in [5.74, 6) is 3.18. The molecule has 1 aromatic heterocycles. The summed E-state index contributed by atoms with van der Waals surface area (Å²) in [5.41, 5.74) is 1.12. The van der Waals surface area contributed by atoms with Crippen LogP contribution in [-0.2, 0) is 0 Å². The van der Waals surface area contributed by atoms with Gasteiger partial charge >= 0.3 is 0 Å². The number of halogens is 1. The highest BCUT2D eigenvalue weighted by molar-refractivity contribution is 6.30. The lowest BCUT2D eigenvalue weighted by Crippen LogP contribution is -2.30. The van der Waals surface area contributed by atoms with E-state index in [2.05, 4.69) is 28.7 Å². The third-order valence-corrected chi connectivity index (χ3v) is 4.34. The van der Waals surface area contributed by atoms with Crippen LogP contribution in [0.3, 0.4) is 0 Å². The number of aromatic nitrogens is 2. The van der Waals surface area contributed by atoms with Crippen molar-refractivity contribution in [3.63, 3.8) is 0 Å². The first-order valence-electron chi connectivity index (χ1n) is 7.40. The lowest BCUT2D eigenvalue weighted by molar-refractivity contribution is 0.661. The Bertz CT molecular complexity index is 439. The molecule has 0 atom stereocenters. The van der Waals surface area contributed by atoms with Crippen molar-refractivity contribution in [1.29, 1.82) is 0 Å². The highest BCUT2D eigenvalue weighted by Crippen LogP contribution is 2.38. The van der Waals surface area contributed by atoms with Gasteiger partial charge in [-0.3, -0.25) is 0 Å². The molecule has 0 radical (unpaired) electrons. The fourth-order valence-corrected chi connectivity index (χ4v) is 2.93. The average Bonchev–Trinajstić information content (AvgIpc) is 3.22. The van der Waals surface area contributed by atoms with Gasteiger partial charge in [-0.1, -0.05) is 25.4 Å². The first-order valence-corrected chi connectivity index (χ1v) is 7.78. The minimum atomic E-state index is 0.365. The second kappa shape index (κ2) is 5.28. The van der Waals surface area contributed by atoms with Gasteiger partial charge in [-0.25, -0.2) is 9.97 Å². The van der Waals surface area contributed by atoms with Crippen molar-refractivity contribution in [2.45, 2.75) is 45.4 Å². The van der Waals surface area contributed by atoms with Gasteiger partial charge in [0.1, 0.15) is 17.3 Å². The lowest BCUT2D eigenvalue weighted by atomic mass is 10.1. The van der Waals surface area contributed by atoms with Crippen LogP contribution < -0.4 is 4.90 Å². The molecule has 0 amide bonds. The highest BCUT2D eigenvalue weighted by atomic mass is 35.5. The Kier molecular flexibility index (Phi) is 3.66. The van der Waals surface area contributed by atoms with E-state index < -0.39 is 0 Å². The SMILES string of the molecule is CC(C)c1c(Cl)ncnc1N(CC1CC1)CC1CC1. The number of anilines is 1. The van der Waals surface area contributed by atoms with Gasteiger partial charge in [0.2, 0.25) is 0 Å². The normalized spacial score (nSPS) is 18.9. The molecule has 2 fully saturated rings. The lowest BCUT2D eigenvalue weighted by Gasteiger charge is -2.27. The van der Waals surface area contributed by atoms with Crippen molar-refractivity contribution in [1.82, 2.24) is 9.97 Å². The smallest absolute Gasteiger partial charge is 0.138 e. The van der Waals surface area contributed by atoms with Crippen LogP contribution in [0, 0.1) is 11.8 Å². The largest absolute Gasteiger partial charge is 0.356 e. The molecule has 0 aliphatic heterocycles. The van der Waals surface area contributed by atoms with Crippen molar-refractivity contribution in [2.75, 3.05) is 18.0 Å². The zero-order valence-electron chi connectivity index (χ0n) is 11.8. The molecule has 2 aliphatic carbocycles. The first-order chi connectivity index (χ1) is 9.15. The molecule has 0 saturated heterocycles. The molecule has 4 heteroatoms. The second-order valence-electron chi connectivity index (χ2n) is 6.35. The van der Waals surface area contributed by atoms with Gasteiger partial charge in [0.15, 0.2) is 0 Å². The third kappa shape index (κ3) is 3.19. The molecule has 0 spiro atoms. The Labute approximate surface area is 120 Å². The Morgan fingerprint density at radius 3 is 2.21 bits per heavy atom. The highest BCUT2D eigenvalue weighted by Gasteiger charge is 2.31. The molecule has 0 bridgehead atoms. The number of rotatable bonds is 6. The van der Waals surface area contributed by atoms with E-state index in [1.165, 1.54) is 25.7 Å². The van der Waals surface area contributed by atoms with E-state index in [0.717, 1.165) is 36.3 Å². The maximum atomic E-state index is 6.30. The maximum Gasteiger partial charge on any atom is 0.138 e. The molecule has 1 aromatic rings. The summed E-state index contributed by atoms with van der Waals surface area (Å²) in [7, 11) is 0. The monoisotopic (exact) mass is 279 g/mol. The number of hydrogen-bond acceptors (Lipinski definition) is 3. The van der Waals surface area contributed by atoms with Gasteiger partial charge in [-0.2, -0.15) is 0 Å². The van der Waals surface area contributed by atoms with Gasteiger partial charge in [0, 0.05) is 18.7 Å². The van der Waals surface area contributed by atoms with E-state index >= 15 is 0 Å². The Morgan fingerprint density at radius 2 is 1.74 bits per heavy atom. The van der Waals surface area contributed by atoms with E-state index in [0.29, 0.717) is 11.1 Å². The zero-order chi connectivity index (χ0) is 13.4. The minimum Gasteiger partial charge on any atom is -0.356 e. The van der Waals surface area contributed by atoms with Crippen molar-refractivity contribution < 1.29 is 0 Å². The molecule has 0 aromatic carbocycles. The summed E-state index contributed by atoms with van der Waals surface area (Å²) >= 11 is 6.30. The maximum absolute atomic E-state index is 6.30. The topological polar surface area (TPSA) is 29.0 Å². The molecule has 0 unspecified atom stereocenters. The molecule has 3 rings (SSSR count). The van der Waals surface area contributed by atoms with Crippen molar-refractivity contribution in [3.05, 3.63) is 17.0 Å². The molecular weight excluding hydrogens is 258 g/mol. The van der Waals surface area contributed by atoms with Crippen LogP contribution in [0.25, 0.3) is 0 Å².